The van der Waals surface area contributed by atoms with E-state index in [0.29, 0.717) is 0 Å². The first-order valence-corrected chi connectivity index (χ1v) is 7.47. The maximum absolute atomic E-state index is 13.4. The second kappa shape index (κ2) is 6.07. The summed E-state index contributed by atoms with van der Waals surface area (Å²) in [5.74, 6) is -0.406. The highest BCUT2D eigenvalue weighted by Gasteiger charge is 2.14. The molecular formula is C18H21ClFN. The SMILES string of the molecule is CC(Nc1ccc(Cl)c(F)c1)c1ccc(C(C)(C)C)cc1. The van der Waals surface area contributed by atoms with Crippen LogP contribution in [0.5, 0.6) is 0 Å². The van der Waals surface area contributed by atoms with Gasteiger partial charge < -0.3 is 5.32 Å². The minimum atomic E-state index is -0.406. The molecule has 2 rings (SSSR count). The van der Waals surface area contributed by atoms with Crippen molar-refractivity contribution >= 4 is 17.3 Å². The number of hydrogen-bond donors (Lipinski definition) is 1. The maximum atomic E-state index is 13.4. The molecule has 0 radical (unpaired) electrons. The van der Waals surface area contributed by atoms with Gasteiger partial charge >= 0.3 is 0 Å². The Labute approximate surface area is 131 Å². The van der Waals surface area contributed by atoms with Crippen molar-refractivity contribution in [2.24, 2.45) is 0 Å². The molecule has 0 saturated heterocycles. The van der Waals surface area contributed by atoms with Crippen molar-refractivity contribution in [2.75, 3.05) is 5.32 Å². The number of hydrogen-bond acceptors (Lipinski definition) is 1. The summed E-state index contributed by atoms with van der Waals surface area (Å²) < 4.78 is 13.4. The zero-order valence-electron chi connectivity index (χ0n) is 12.9. The van der Waals surface area contributed by atoms with Crippen molar-refractivity contribution < 1.29 is 4.39 Å². The number of halogens is 2. The van der Waals surface area contributed by atoms with E-state index >= 15 is 0 Å². The second-order valence-electron chi connectivity index (χ2n) is 6.37. The first kappa shape index (κ1) is 15.8. The molecule has 2 aromatic carbocycles. The molecule has 1 nitrogen and oxygen atoms in total. The molecule has 1 N–H and O–H groups in total. The third-order valence-corrected chi connectivity index (χ3v) is 3.89. The van der Waals surface area contributed by atoms with Crippen LogP contribution in [0.3, 0.4) is 0 Å². The van der Waals surface area contributed by atoms with Crippen LogP contribution >= 0.6 is 11.6 Å². The van der Waals surface area contributed by atoms with Crippen LogP contribution < -0.4 is 5.32 Å². The molecule has 0 aliphatic carbocycles. The Bertz CT molecular complexity index is 614. The van der Waals surface area contributed by atoms with Crippen molar-refractivity contribution in [3.8, 4) is 0 Å². The lowest BCUT2D eigenvalue weighted by molar-refractivity contribution is 0.589. The van der Waals surface area contributed by atoms with E-state index in [1.807, 2.05) is 0 Å². The Balaban J connectivity index is 2.13. The van der Waals surface area contributed by atoms with Gasteiger partial charge in [-0.1, -0.05) is 56.6 Å². The smallest absolute Gasteiger partial charge is 0.143 e. The summed E-state index contributed by atoms with van der Waals surface area (Å²) in [5, 5.41) is 3.43. The van der Waals surface area contributed by atoms with Gasteiger partial charge in [-0.2, -0.15) is 0 Å². The van der Waals surface area contributed by atoms with Crippen LogP contribution in [-0.2, 0) is 5.41 Å². The summed E-state index contributed by atoms with van der Waals surface area (Å²) in [4.78, 5) is 0. The Morgan fingerprint density at radius 3 is 2.19 bits per heavy atom. The molecule has 0 aliphatic rings. The quantitative estimate of drug-likeness (QED) is 0.739. The molecule has 0 aromatic heterocycles. The molecule has 0 saturated carbocycles. The van der Waals surface area contributed by atoms with E-state index in [0.717, 1.165) is 5.69 Å². The fraction of sp³-hybridized carbons (Fsp3) is 0.333. The first-order chi connectivity index (χ1) is 9.77. The second-order valence-corrected chi connectivity index (χ2v) is 6.77. The van der Waals surface area contributed by atoms with E-state index in [4.69, 9.17) is 11.6 Å². The number of nitrogens with one attached hydrogen (secondary N) is 1. The van der Waals surface area contributed by atoms with E-state index in [1.54, 1.807) is 12.1 Å². The molecule has 0 amide bonds. The monoisotopic (exact) mass is 305 g/mol. The van der Waals surface area contributed by atoms with Gasteiger partial charge in [0.25, 0.3) is 0 Å². The summed E-state index contributed by atoms with van der Waals surface area (Å²) in [7, 11) is 0. The van der Waals surface area contributed by atoms with Crippen LogP contribution in [0.2, 0.25) is 5.02 Å². The van der Waals surface area contributed by atoms with Crippen LogP contribution in [0, 0.1) is 5.82 Å². The van der Waals surface area contributed by atoms with Gasteiger partial charge in [0.15, 0.2) is 0 Å². The van der Waals surface area contributed by atoms with Gasteiger partial charge in [-0.05, 0) is 41.7 Å². The van der Waals surface area contributed by atoms with Crippen molar-refractivity contribution in [1.82, 2.24) is 0 Å². The summed E-state index contributed by atoms with van der Waals surface area (Å²) in [6.07, 6.45) is 0. The lowest BCUT2D eigenvalue weighted by Gasteiger charge is -2.21. The fourth-order valence-electron chi connectivity index (χ4n) is 2.19. The van der Waals surface area contributed by atoms with Crippen molar-refractivity contribution in [3.05, 3.63) is 64.4 Å². The first-order valence-electron chi connectivity index (χ1n) is 7.09. The lowest BCUT2D eigenvalue weighted by atomic mass is 9.86. The molecule has 3 heteroatoms. The van der Waals surface area contributed by atoms with Crippen molar-refractivity contribution in [1.29, 1.82) is 0 Å². The summed E-state index contributed by atoms with van der Waals surface area (Å²) in [6.45, 7) is 8.64. The predicted molar refractivity (Wildman–Crippen MR) is 88.6 cm³/mol. The van der Waals surface area contributed by atoms with Crippen molar-refractivity contribution in [2.45, 2.75) is 39.2 Å². The van der Waals surface area contributed by atoms with Crippen LogP contribution in [0.15, 0.2) is 42.5 Å². The van der Waals surface area contributed by atoms with Gasteiger partial charge in [0.2, 0.25) is 0 Å². The molecular weight excluding hydrogens is 285 g/mol. The number of benzene rings is 2. The number of rotatable bonds is 3. The highest BCUT2D eigenvalue weighted by Crippen LogP contribution is 2.26. The van der Waals surface area contributed by atoms with Gasteiger partial charge in [-0.25, -0.2) is 4.39 Å². The summed E-state index contributed by atoms with van der Waals surface area (Å²) >= 11 is 5.69. The van der Waals surface area contributed by atoms with Gasteiger partial charge in [0, 0.05) is 11.7 Å². The van der Waals surface area contributed by atoms with E-state index in [-0.39, 0.29) is 16.5 Å². The van der Waals surface area contributed by atoms with Crippen LogP contribution in [-0.4, -0.2) is 0 Å². The summed E-state index contributed by atoms with van der Waals surface area (Å²) in [5.41, 5.74) is 3.34. The molecule has 21 heavy (non-hydrogen) atoms. The maximum Gasteiger partial charge on any atom is 0.143 e. The highest BCUT2D eigenvalue weighted by molar-refractivity contribution is 6.30. The zero-order chi connectivity index (χ0) is 15.6. The van der Waals surface area contributed by atoms with Crippen LogP contribution in [0.4, 0.5) is 10.1 Å². The van der Waals surface area contributed by atoms with E-state index in [2.05, 4.69) is 57.3 Å². The Kier molecular flexibility index (Phi) is 4.58. The minimum Gasteiger partial charge on any atom is -0.378 e. The highest BCUT2D eigenvalue weighted by atomic mass is 35.5. The number of anilines is 1. The molecule has 0 aliphatic heterocycles. The van der Waals surface area contributed by atoms with E-state index in [9.17, 15) is 4.39 Å². The van der Waals surface area contributed by atoms with Crippen molar-refractivity contribution in [3.63, 3.8) is 0 Å². The Hall–Kier alpha value is -1.54. The molecule has 0 bridgehead atoms. The third kappa shape index (κ3) is 3.98. The van der Waals surface area contributed by atoms with Gasteiger partial charge in [-0.3, -0.25) is 0 Å². The van der Waals surface area contributed by atoms with Crippen LogP contribution in [0.1, 0.15) is 44.9 Å². The average molecular weight is 306 g/mol. The van der Waals surface area contributed by atoms with Gasteiger partial charge in [-0.15, -0.1) is 0 Å². The normalized spacial score (nSPS) is 13.0. The average Bonchev–Trinajstić information content (AvgIpc) is 2.42. The lowest BCUT2D eigenvalue weighted by Crippen LogP contribution is -2.12. The molecule has 0 fully saturated rings. The van der Waals surface area contributed by atoms with Gasteiger partial charge in [0.1, 0.15) is 5.82 Å². The molecule has 1 atom stereocenters. The minimum absolute atomic E-state index is 0.0968. The fourth-order valence-corrected chi connectivity index (χ4v) is 2.31. The molecule has 2 aromatic rings. The largest absolute Gasteiger partial charge is 0.378 e. The van der Waals surface area contributed by atoms with E-state index in [1.165, 1.54) is 17.2 Å². The molecule has 1 unspecified atom stereocenters. The van der Waals surface area contributed by atoms with E-state index < -0.39 is 5.82 Å². The van der Waals surface area contributed by atoms with Gasteiger partial charge in [0.05, 0.1) is 5.02 Å². The third-order valence-electron chi connectivity index (χ3n) is 3.58. The molecule has 0 spiro atoms. The molecule has 0 heterocycles. The predicted octanol–water partition coefficient (Wildman–Crippen LogP) is 5.95. The zero-order valence-corrected chi connectivity index (χ0v) is 13.6. The standard InChI is InChI=1S/C18H21ClFN/c1-12(21-15-9-10-16(19)17(20)11-15)13-5-7-14(8-6-13)18(2,3)4/h5-12,21H,1-4H3. The molecule has 112 valence electrons. The topological polar surface area (TPSA) is 12.0 Å². The summed E-state index contributed by atoms with van der Waals surface area (Å²) in [6, 6.07) is 13.4. The Morgan fingerprint density at radius 2 is 1.67 bits per heavy atom. The van der Waals surface area contributed by atoms with Crippen LogP contribution in [0.25, 0.3) is 0 Å². The Morgan fingerprint density at radius 1 is 1.05 bits per heavy atom.